The molecule has 21 heavy (non-hydrogen) atoms. The zero-order chi connectivity index (χ0) is 15.8. The number of hydrogen-bond donors (Lipinski definition) is 0. The van der Waals surface area contributed by atoms with Crippen LogP contribution >= 0.6 is 0 Å². The van der Waals surface area contributed by atoms with Crippen molar-refractivity contribution < 1.29 is 8.78 Å². The van der Waals surface area contributed by atoms with Crippen molar-refractivity contribution in [3.63, 3.8) is 0 Å². The first-order chi connectivity index (χ1) is 9.58. The Hall–Kier alpha value is -1.71. The van der Waals surface area contributed by atoms with Crippen LogP contribution in [0.15, 0.2) is 30.5 Å². The summed E-state index contributed by atoms with van der Waals surface area (Å²) in [5, 5.41) is 4.29. The average molecular weight is 292 g/mol. The number of aromatic nitrogens is 2. The molecule has 0 N–H and O–H groups in total. The maximum atomic E-state index is 13.1. The largest absolute Gasteiger partial charge is 0.266 e. The van der Waals surface area contributed by atoms with Gasteiger partial charge in [-0.2, -0.15) is 5.10 Å². The van der Waals surface area contributed by atoms with Crippen LogP contribution in [0.1, 0.15) is 38.8 Å². The maximum Gasteiger partial charge on any atom is 0.264 e. The van der Waals surface area contributed by atoms with Crippen LogP contribution in [0.3, 0.4) is 0 Å². The SMILES string of the molecule is Cc1c(-c2ccn(CC(C)(F)F)n2)cccc1C(C)(C)C. The third kappa shape index (κ3) is 3.69. The molecule has 2 rings (SSSR count). The van der Waals surface area contributed by atoms with E-state index in [0.717, 1.165) is 23.7 Å². The molecule has 0 atom stereocenters. The van der Waals surface area contributed by atoms with Crippen LogP contribution in [0.25, 0.3) is 11.3 Å². The Morgan fingerprint density at radius 3 is 2.33 bits per heavy atom. The van der Waals surface area contributed by atoms with Gasteiger partial charge in [0, 0.05) is 18.7 Å². The van der Waals surface area contributed by atoms with E-state index in [1.807, 2.05) is 12.1 Å². The summed E-state index contributed by atoms with van der Waals surface area (Å²) in [4.78, 5) is 0. The van der Waals surface area contributed by atoms with Crippen molar-refractivity contribution in [3.05, 3.63) is 41.6 Å². The normalized spacial score (nSPS) is 12.7. The molecule has 0 radical (unpaired) electrons. The van der Waals surface area contributed by atoms with Gasteiger partial charge < -0.3 is 0 Å². The number of halogens is 2. The van der Waals surface area contributed by atoms with E-state index in [-0.39, 0.29) is 5.41 Å². The maximum absolute atomic E-state index is 13.1. The van der Waals surface area contributed by atoms with Crippen molar-refractivity contribution in [3.8, 4) is 11.3 Å². The van der Waals surface area contributed by atoms with Crippen LogP contribution in [0.5, 0.6) is 0 Å². The Bertz CT molecular complexity index is 631. The molecule has 0 aliphatic heterocycles. The van der Waals surface area contributed by atoms with Gasteiger partial charge in [-0.25, -0.2) is 8.78 Å². The Labute approximate surface area is 124 Å². The molecule has 0 amide bonds. The summed E-state index contributed by atoms with van der Waals surface area (Å²) < 4.78 is 27.4. The van der Waals surface area contributed by atoms with Crippen LogP contribution in [0.4, 0.5) is 8.78 Å². The third-order valence-corrected chi connectivity index (χ3v) is 3.50. The molecule has 0 aliphatic rings. The first-order valence-electron chi connectivity index (χ1n) is 7.10. The van der Waals surface area contributed by atoms with Gasteiger partial charge in [-0.05, 0) is 29.5 Å². The van der Waals surface area contributed by atoms with Crippen molar-refractivity contribution in [2.45, 2.75) is 52.5 Å². The lowest BCUT2D eigenvalue weighted by atomic mass is 9.82. The number of nitrogens with zero attached hydrogens (tertiary/aromatic N) is 2. The van der Waals surface area contributed by atoms with Gasteiger partial charge in [0.1, 0.15) is 6.54 Å². The van der Waals surface area contributed by atoms with Gasteiger partial charge >= 0.3 is 0 Å². The number of alkyl halides is 2. The molecule has 1 aromatic carbocycles. The second kappa shape index (κ2) is 5.24. The summed E-state index contributed by atoms with van der Waals surface area (Å²) in [6.45, 7) is 9.05. The quantitative estimate of drug-likeness (QED) is 0.793. The highest BCUT2D eigenvalue weighted by atomic mass is 19.3. The van der Waals surface area contributed by atoms with E-state index in [0.29, 0.717) is 0 Å². The summed E-state index contributed by atoms with van der Waals surface area (Å²) in [5.41, 5.74) is 4.18. The van der Waals surface area contributed by atoms with Gasteiger partial charge in [-0.15, -0.1) is 0 Å². The van der Waals surface area contributed by atoms with E-state index < -0.39 is 12.5 Å². The minimum atomic E-state index is -2.76. The molecule has 0 unspecified atom stereocenters. The average Bonchev–Trinajstić information content (AvgIpc) is 2.73. The fraction of sp³-hybridized carbons (Fsp3) is 0.471. The zero-order valence-corrected chi connectivity index (χ0v) is 13.2. The summed E-state index contributed by atoms with van der Waals surface area (Å²) in [6.07, 6.45) is 1.61. The number of rotatable bonds is 3. The fourth-order valence-electron chi connectivity index (χ4n) is 2.60. The molecule has 0 aliphatic carbocycles. The van der Waals surface area contributed by atoms with Gasteiger partial charge in [0.25, 0.3) is 5.92 Å². The zero-order valence-electron chi connectivity index (χ0n) is 13.2. The highest BCUT2D eigenvalue weighted by Gasteiger charge is 2.23. The molecule has 2 nitrogen and oxygen atoms in total. The highest BCUT2D eigenvalue weighted by Crippen LogP contribution is 2.31. The van der Waals surface area contributed by atoms with Crippen molar-refractivity contribution in [1.29, 1.82) is 0 Å². The third-order valence-electron chi connectivity index (χ3n) is 3.50. The predicted molar refractivity (Wildman–Crippen MR) is 81.7 cm³/mol. The van der Waals surface area contributed by atoms with Crippen LogP contribution < -0.4 is 0 Å². The van der Waals surface area contributed by atoms with Crippen LogP contribution in [0.2, 0.25) is 0 Å². The minimum absolute atomic E-state index is 0.0408. The van der Waals surface area contributed by atoms with E-state index in [2.05, 4.69) is 38.9 Å². The first kappa shape index (κ1) is 15.7. The lowest BCUT2D eigenvalue weighted by Gasteiger charge is -2.23. The minimum Gasteiger partial charge on any atom is -0.266 e. The summed E-state index contributed by atoms with van der Waals surface area (Å²) >= 11 is 0. The molecular weight excluding hydrogens is 270 g/mol. The van der Waals surface area contributed by atoms with Crippen LogP contribution in [-0.4, -0.2) is 15.7 Å². The molecule has 0 spiro atoms. The smallest absolute Gasteiger partial charge is 0.264 e. The van der Waals surface area contributed by atoms with E-state index in [1.54, 1.807) is 12.3 Å². The highest BCUT2D eigenvalue weighted by molar-refractivity contribution is 5.65. The van der Waals surface area contributed by atoms with E-state index in [4.69, 9.17) is 0 Å². The Morgan fingerprint density at radius 2 is 1.76 bits per heavy atom. The molecule has 0 saturated carbocycles. The second-order valence-electron chi connectivity index (χ2n) is 6.70. The van der Waals surface area contributed by atoms with Gasteiger partial charge in [0.05, 0.1) is 5.69 Å². The van der Waals surface area contributed by atoms with Gasteiger partial charge in [-0.3, -0.25) is 4.68 Å². The summed E-state index contributed by atoms with van der Waals surface area (Å²) in [6, 6.07) is 7.88. The Kier molecular flexibility index (Phi) is 3.91. The molecule has 0 fully saturated rings. The molecule has 0 saturated heterocycles. The van der Waals surface area contributed by atoms with Crippen molar-refractivity contribution in [2.24, 2.45) is 0 Å². The van der Waals surface area contributed by atoms with Crippen molar-refractivity contribution >= 4 is 0 Å². The summed E-state index contributed by atoms with van der Waals surface area (Å²) in [5.74, 6) is -2.76. The summed E-state index contributed by atoms with van der Waals surface area (Å²) in [7, 11) is 0. The molecule has 1 heterocycles. The lowest BCUT2D eigenvalue weighted by Crippen LogP contribution is -2.19. The molecule has 114 valence electrons. The van der Waals surface area contributed by atoms with E-state index in [9.17, 15) is 8.78 Å². The van der Waals surface area contributed by atoms with E-state index >= 15 is 0 Å². The topological polar surface area (TPSA) is 17.8 Å². The molecule has 2 aromatic rings. The van der Waals surface area contributed by atoms with Crippen molar-refractivity contribution in [1.82, 2.24) is 9.78 Å². The predicted octanol–water partition coefficient (Wildman–Crippen LogP) is 4.81. The molecule has 1 aromatic heterocycles. The Morgan fingerprint density at radius 1 is 1.10 bits per heavy atom. The van der Waals surface area contributed by atoms with E-state index in [1.165, 1.54) is 10.2 Å². The standard InChI is InChI=1S/C17H22F2N2/c1-12-13(7-6-8-14(12)16(2,3)4)15-9-10-21(20-15)11-17(5,18)19/h6-10H,11H2,1-5H3. The molecule has 0 bridgehead atoms. The van der Waals surface area contributed by atoms with Gasteiger partial charge in [0.2, 0.25) is 0 Å². The number of benzene rings is 1. The fourth-order valence-corrected chi connectivity index (χ4v) is 2.60. The van der Waals surface area contributed by atoms with Crippen LogP contribution in [-0.2, 0) is 12.0 Å². The number of hydrogen-bond acceptors (Lipinski definition) is 1. The van der Waals surface area contributed by atoms with Crippen molar-refractivity contribution in [2.75, 3.05) is 0 Å². The van der Waals surface area contributed by atoms with Gasteiger partial charge in [-0.1, -0.05) is 39.0 Å². The lowest BCUT2D eigenvalue weighted by molar-refractivity contribution is 0.000657. The Balaban J connectivity index is 2.40. The first-order valence-corrected chi connectivity index (χ1v) is 7.10. The van der Waals surface area contributed by atoms with Gasteiger partial charge in [0.15, 0.2) is 0 Å². The molecular formula is C17H22F2N2. The molecule has 4 heteroatoms. The van der Waals surface area contributed by atoms with Crippen LogP contribution in [0, 0.1) is 6.92 Å². The monoisotopic (exact) mass is 292 g/mol. The second-order valence-corrected chi connectivity index (χ2v) is 6.70.